The van der Waals surface area contributed by atoms with Gasteiger partial charge < -0.3 is 14.4 Å². The van der Waals surface area contributed by atoms with Crippen LogP contribution >= 0.6 is 8.38 Å². The average molecular weight is 219 g/mol. The molecule has 4 nitrogen and oxygen atoms in total. The van der Waals surface area contributed by atoms with Crippen molar-refractivity contribution in [3.63, 3.8) is 0 Å². The summed E-state index contributed by atoms with van der Waals surface area (Å²) in [5.74, 6) is 0.0993. The lowest BCUT2D eigenvalue weighted by atomic mass is 10.1. The van der Waals surface area contributed by atoms with Gasteiger partial charge in [-0.2, -0.15) is 0 Å². The SMILES string of the molecule is C=CC[C@H](NC)C(=O)CP(OC)OC. The van der Waals surface area contributed by atoms with Crippen LogP contribution in [-0.4, -0.2) is 39.3 Å². The third kappa shape index (κ3) is 4.82. The minimum absolute atomic E-state index is 0.0993. The molecule has 0 saturated carbocycles. The molecule has 0 aliphatic heterocycles. The highest BCUT2D eigenvalue weighted by atomic mass is 31.2. The third-order valence-electron chi connectivity index (χ3n) is 1.83. The van der Waals surface area contributed by atoms with Gasteiger partial charge in [-0.1, -0.05) is 6.08 Å². The van der Waals surface area contributed by atoms with E-state index in [9.17, 15) is 4.79 Å². The molecule has 5 heteroatoms. The molecule has 0 aliphatic carbocycles. The second-order valence-corrected chi connectivity index (χ2v) is 4.40. The summed E-state index contributed by atoms with van der Waals surface area (Å²) in [4.78, 5) is 11.6. The van der Waals surface area contributed by atoms with Crippen LogP contribution in [0.1, 0.15) is 6.42 Å². The number of carbonyl (C=O) groups is 1. The third-order valence-corrected chi connectivity index (χ3v) is 3.22. The summed E-state index contributed by atoms with van der Waals surface area (Å²) in [6.45, 7) is 3.60. The maximum absolute atomic E-state index is 11.6. The Labute approximate surface area is 86.6 Å². The Hall–Kier alpha value is -0.280. The molecule has 0 aliphatic rings. The molecular weight excluding hydrogens is 201 g/mol. The van der Waals surface area contributed by atoms with E-state index in [1.807, 2.05) is 0 Å². The molecule has 0 fully saturated rings. The summed E-state index contributed by atoms with van der Waals surface area (Å²) < 4.78 is 10.0. The van der Waals surface area contributed by atoms with Crippen LogP contribution in [0, 0.1) is 0 Å². The Kier molecular flexibility index (Phi) is 7.90. The van der Waals surface area contributed by atoms with E-state index in [1.54, 1.807) is 27.3 Å². The summed E-state index contributed by atoms with van der Waals surface area (Å²) in [5.41, 5.74) is 0. The van der Waals surface area contributed by atoms with Gasteiger partial charge in [-0.3, -0.25) is 4.79 Å². The van der Waals surface area contributed by atoms with Crippen molar-refractivity contribution < 1.29 is 13.8 Å². The molecule has 82 valence electrons. The van der Waals surface area contributed by atoms with E-state index in [0.717, 1.165) is 0 Å². The molecule has 0 aromatic heterocycles. The highest BCUT2D eigenvalue weighted by Gasteiger charge is 2.19. The summed E-state index contributed by atoms with van der Waals surface area (Å²) in [6.07, 6.45) is 2.68. The highest BCUT2D eigenvalue weighted by Crippen LogP contribution is 2.35. The number of hydrogen-bond acceptors (Lipinski definition) is 4. The lowest BCUT2D eigenvalue weighted by Gasteiger charge is -2.16. The van der Waals surface area contributed by atoms with Crippen LogP contribution in [0.15, 0.2) is 12.7 Å². The van der Waals surface area contributed by atoms with E-state index in [4.69, 9.17) is 9.05 Å². The molecule has 0 spiro atoms. The topological polar surface area (TPSA) is 47.6 Å². The number of nitrogens with one attached hydrogen (secondary N) is 1. The van der Waals surface area contributed by atoms with Crippen molar-refractivity contribution in [2.24, 2.45) is 0 Å². The summed E-state index contributed by atoms with van der Waals surface area (Å²) >= 11 is 0. The predicted octanol–water partition coefficient (Wildman–Crippen LogP) is 1.32. The van der Waals surface area contributed by atoms with Gasteiger partial charge in [-0.15, -0.1) is 6.58 Å². The lowest BCUT2D eigenvalue weighted by molar-refractivity contribution is -0.118. The number of ketones is 1. The molecule has 0 saturated heterocycles. The smallest absolute Gasteiger partial charge is 0.177 e. The van der Waals surface area contributed by atoms with Gasteiger partial charge in [0.25, 0.3) is 0 Å². The first-order valence-corrected chi connectivity index (χ1v) is 5.72. The van der Waals surface area contributed by atoms with Crippen LogP contribution < -0.4 is 5.32 Å². The standard InChI is InChI=1S/C9H18NO3P/c1-5-6-8(10-2)9(11)7-14(12-3)13-4/h5,8,10H,1,6-7H2,2-4H3/t8-/m0/s1. The van der Waals surface area contributed by atoms with Gasteiger partial charge in [0.1, 0.15) is 0 Å². The number of likely N-dealkylation sites (N-methyl/N-ethyl adjacent to an activating group) is 1. The minimum atomic E-state index is -1.07. The molecule has 0 aromatic rings. The number of Topliss-reactive ketones (excluding diaryl/α,β-unsaturated/α-hetero) is 1. The first-order chi connectivity index (χ1) is 6.69. The van der Waals surface area contributed by atoms with Crippen LogP contribution in [0.2, 0.25) is 0 Å². The number of hydrogen-bond donors (Lipinski definition) is 1. The normalized spacial score (nSPS) is 12.9. The Balaban J connectivity index is 4.07. The molecule has 1 atom stereocenters. The van der Waals surface area contributed by atoms with Gasteiger partial charge in [0, 0.05) is 14.2 Å². The van der Waals surface area contributed by atoms with E-state index in [-0.39, 0.29) is 11.8 Å². The first-order valence-electron chi connectivity index (χ1n) is 4.36. The maximum Gasteiger partial charge on any atom is 0.177 e. The zero-order chi connectivity index (χ0) is 11.0. The van der Waals surface area contributed by atoms with E-state index < -0.39 is 8.38 Å². The zero-order valence-corrected chi connectivity index (χ0v) is 9.84. The van der Waals surface area contributed by atoms with E-state index >= 15 is 0 Å². The van der Waals surface area contributed by atoms with Gasteiger partial charge >= 0.3 is 0 Å². The van der Waals surface area contributed by atoms with Crippen molar-refractivity contribution >= 4 is 14.2 Å². The second-order valence-electron chi connectivity index (χ2n) is 2.69. The minimum Gasteiger partial charge on any atom is -0.337 e. The summed E-state index contributed by atoms with van der Waals surface area (Å²) in [5, 5.41) is 2.93. The second kappa shape index (κ2) is 8.06. The van der Waals surface area contributed by atoms with Crippen LogP contribution in [0.25, 0.3) is 0 Å². The largest absolute Gasteiger partial charge is 0.337 e. The van der Waals surface area contributed by atoms with Gasteiger partial charge in [-0.05, 0) is 13.5 Å². The van der Waals surface area contributed by atoms with Crippen molar-refractivity contribution in [2.75, 3.05) is 27.4 Å². The Morgan fingerprint density at radius 1 is 1.57 bits per heavy atom. The van der Waals surface area contributed by atoms with Crippen molar-refractivity contribution in [3.05, 3.63) is 12.7 Å². The molecule has 0 rings (SSSR count). The van der Waals surface area contributed by atoms with Crippen molar-refractivity contribution in [3.8, 4) is 0 Å². The fourth-order valence-electron chi connectivity index (χ4n) is 1.02. The van der Waals surface area contributed by atoms with Crippen LogP contribution in [-0.2, 0) is 13.8 Å². The van der Waals surface area contributed by atoms with Gasteiger partial charge in [-0.25, -0.2) is 0 Å². The van der Waals surface area contributed by atoms with Gasteiger partial charge in [0.2, 0.25) is 0 Å². The van der Waals surface area contributed by atoms with Crippen molar-refractivity contribution in [1.29, 1.82) is 0 Å². The zero-order valence-electron chi connectivity index (χ0n) is 8.95. The fourth-order valence-corrected chi connectivity index (χ4v) is 1.90. The lowest BCUT2D eigenvalue weighted by Crippen LogP contribution is -2.35. The molecule has 0 unspecified atom stereocenters. The van der Waals surface area contributed by atoms with E-state index in [0.29, 0.717) is 12.6 Å². The Bertz CT molecular complexity index is 183. The van der Waals surface area contributed by atoms with E-state index in [2.05, 4.69) is 11.9 Å². The maximum atomic E-state index is 11.6. The van der Waals surface area contributed by atoms with Crippen molar-refractivity contribution in [1.82, 2.24) is 5.32 Å². The fraction of sp³-hybridized carbons (Fsp3) is 0.667. The van der Waals surface area contributed by atoms with E-state index in [1.165, 1.54) is 0 Å². The molecule has 0 aromatic carbocycles. The summed E-state index contributed by atoms with van der Waals surface area (Å²) in [7, 11) is 3.78. The first kappa shape index (κ1) is 13.7. The Morgan fingerprint density at radius 2 is 2.14 bits per heavy atom. The molecule has 1 N–H and O–H groups in total. The summed E-state index contributed by atoms with van der Waals surface area (Å²) in [6, 6.07) is -0.178. The van der Waals surface area contributed by atoms with Crippen LogP contribution in [0.5, 0.6) is 0 Å². The molecule has 14 heavy (non-hydrogen) atoms. The highest BCUT2D eigenvalue weighted by molar-refractivity contribution is 7.48. The molecule has 0 radical (unpaired) electrons. The molecule has 0 bridgehead atoms. The quantitative estimate of drug-likeness (QED) is 0.494. The van der Waals surface area contributed by atoms with Gasteiger partial charge in [0.15, 0.2) is 14.2 Å². The monoisotopic (exact) mass is 219 g/mol. The number of rotatable bonds is 8. The molecule has 0 amide bonds. The molecular formula is C9H18NO3P. The number of carbonyl (C=O) groups excluding carboxylic acids is 1. The van der Waals surface area contributed by atoms with Crippen molar-refractivity contribution in [2.45, 2.75) is 12.5 Å². The molecule has 0 heterocycles. The predicted molar refractivity (Wildman–Crippen MR) is 58.5 cm³/mol. The Morgan fingerprint density at radius 3 is 2.50 bits per heavy atom. The average Bonchev–Trinajstić information content (AvgIpc) is 2.22. The van der Waals surface area contributed by atoms with Crippen LogP contribution in [0.3, 0.4) is 0 Å². The van der Waals surface area contributed by atoms with Crippen LogP contribution in [0.4, 0.5) is 0 Å². The van der Waals surface area contributed by atoms with Gasteiger partial charge in [0.05, 0.1) is 12.2 Å².